The normalized spacial score (nSPS) is 23.2. The van der Waals surface area contributed by atoms with Crippen LogP contribution in [0.2, 0.25) is 10.0 Å². The number of hydrogen-bond donors (Lipinski definition) is 1. The number of nitrogens with zero attached hydrogens (tertiary/aromatic N) is 5. The lowest BCUT2D eigenvalue weighted by molar-refractivity contribution is -0.137. The van der Waals surface area contributed by atoms with Crippen LogP contribution in [0.15, 0.2) is 65.8 Å². The second-order valence-electron chi connectivity index (χ2n) is 14.8. The summed E-state index contributed by atoms with van der Waals surface area (Å²) >= 11 is 12.8. The predicted octanol–water partition coefficient (Wildman–Crippen LogP) is 7.24. The molecule has 3 aliphatic heterocycles. The Morgan fingerprint density at radius 2 is 1.48 bits per heavy atom. The molecule has 0 radical (unpaired) electrons. The van der Waals surface area contributed by atoms with Gasteiger partial charge in [0.05, 0.1) is 12.2 Å². The van der Waals surface area contributed by atoms with Gasteiger partial charge in [-0.15, -0.1) is 0 Å². The van der Waals surface area contributed by atoms with E-state index in [9.17, 15) is 4.79 Å². The van der Waals surface area contributed by atoms with Crippen molar-refractivity contribution in [3.63, 3.8) is 0 Å². The Labute approximate surface area is 306 Å². The number of carbonyl (C=O) groups is 2. The summed E-state index contributed by atoms with van der Waals surface area (Å²) in [6, 6.07) is 17.1. The topological polar surface area (TPSA) is 90.4 Å². The number of hydrogen-bond acceptors (Lipinski definition) is 6. The molecule has 1 N–H and O–H groups in total. The summed E-state index contributed by atoms with van der Waals surface area (Å²) in [5.74, 6) is 1.17. The fourth-order valence-corrected chi connectivity index (χ4v) is 7.71. The molecule has 2 aromatic carbocycles. The molecule has 2 saturated heterocycles. The molecule has 1 aromatic heterocycles. The van der Waals surface area contributed by atoms with E-state index in [1.807, 2.05) is 76.2 Å². The Morgan fingerprint density at radius 1 is 0.900 bits per heavy atom. The standard InChI is InChI=1S/C39H48Cl2N6O3/c1-7-50-32-24-33(37(2,3)4)43-25-31(32)34-44-38(5,27-8-12-29(40)13-9-27)39(6,28-10-14-30(41)15-11-28)47(34)36(49)46-20-16-26(17-21-46)35(48)45-22-18-42-19-23-45/h8-15,24-26,42H,7,16-23H2,1-6H3/t38-,39-/m1/s1. The van der Waals surface area contributed by atoms with Gasteiger partial charge < -0.3 is 19.9 Å². The van der Waals surface area contributed by atoms with E-state index < -0.39 is 11.1 Å². The molecule has 266 valence electrons. The molecule has 0 saturated carbocycles. The van der Waals surface area contributed by atoms with Crippen LogP contribution in [-0.2, 0) is 21.3 Å². The Kier molecular flexibility index (Phi) is 10.2. The van der Waals surface area contributed by atoms with E-state index in [-0.39, 0.29) is 23.3 Å². The lowest BCUT2D eigenvalue weighted by Gasteiger charge is -2.47. The highest BCUT2D eigenvalue weighted by molar-refractivity contribution is 6.30. The van der Waals surface area contributed by atoms with Crippen molar-refractivity contribution in [2.24, 2.45) is 10.9 Å². The average Bonchev–Trinajstić information content (AvgIpc) is 3.36. The first-order valence-electron chi connectivity index (χ1n) is 17.6. The molecule has 9 nitrogen and oxygen atoms in total. The molecule has 11 heteroatoms. The quantitative estimate of drug-likeness (QED) is 0.290. The SMILES string of the molecule is CCOc1cc(C(C)(C)C)ncc1C1=N[C@](C)(c2ccc(Cl)cc2)[C@@](C)(c2ccc(Cl)cc2)N1C(=O)N1CCC(C(=O)N2CCNCC2)CC1. The van der Waals surface area contributed by atoms with E-state index in [1.165, 1.54) is 0 Å². The van der Waals surface area contributed by atoms with Crippen molar-refractivity contribution in [2.45, 2.75) is 70.9 Å². The third kappa shape index (κ3) is 6.60. The number of aliphatic imine (C=N–C) groups is 1. The molecular formula is C39H48Cl2N6O3. The lowest BCUT2D eigenvalue weighted by atomic mass is 9.71. The molecule has 0 bridgehead atoms. The van der Waals surface area contributed by atoms with E-state index in [0.29, 0.717) is 59.7 Å². The minimum atomic E-state index is -1.03. The first kappa shape index (κ1) is 36.1. The third-order valence-electron chi connectivity index (χ3n) is 10.7. The van der Waals surface area contributed by atoms with Gasteiger partial charge in [-0.05, 0) is 69.0 Å². The highest BCUT2D eigenvalue weighted by Gasteiger charge is 2.60. The van der Waals surface area contributed by atoms with Gasteiger partial charge in [0.25, 0.3) is 0 Å². The van der Waals surface area contributed by atoms with Gasteiger partial charge in [0.2, 0.25) is 5.91 Å². The van der Waals surface area contributed by atoms with Gasteiger partial charge in [-0.25, -0.2) is 4.79 Å². The van der Waals surface area contributed by atoms with Crippen LogP contribution in [0.25, 0.3) is 0 Å². The van der Waals surface area contributed by atoms with Crippen LogP contribution in [0, 0.1) is 5.92 Å². The van der Waals surface area contributed by atoms with Gasteiger partial charge in [0.15, 0.2) is 0 Å². The number of amides is 3. The summed E-state index contributed by atoms with van der Waals surface area (Å²) in [4.78, 5) is 44.7. The first-order chi connectivity index (χ1) is 23.8. The van der Waals surface area contributed by atoms with E-state index in [0.717, 1.165) is 43.0 Å². The predicted molar refractivity (Wildman–Crippen MR) is 199 cm³/mol. The largest absolute Gasteiger partial charge is 0.493 e. The summed E-state index contributed by atoms with van der Waals surface area (Å²) in [7, 11) is 0. The monoisotopic (exact) mass is 718 g/mol. The highest BCUT2D eigenvalue weighted by Crippen LogP contribution is 2.54. The Morgan fingerprint density at radius 3 is 2.04 bits per heavy atom. The molecule has 4 heterocycles. The Bertz CT molecular complexity index is 1740. The van der Waals surface area contributed by atoms with E-state index >= 15 is 4.79 Å². The minimum Gasteiger partial charge on any atom is -0.493 e. The van der Waals surface area contributed by atoms with Crippen molar-refractivity contribution in [2.75, 3.05) is 45.9 Å². The zero-order chi connectivity index (χ0) is 35.8. The molecule has 0 spiro atoms. The molecule has 6 rings (SSSR count). The molecule has 50 heavy (non-hydrogen) atoms. The summed E-state index contributed by atoms with van der Waals surface area (Å²) in [5, 5.41) is 4.53. The van der Waals surface area contributed by atoms with Crippen molar-refractivity contribution >= 4 is 41.0 Å². The number of halogens is 2. The zero-order valence-corrected chi connectivity index (χ0v) is 31.4. The van der Waals surface area contributed by atoms with Crippen molar-refractivity contribution in [1.29, 1.82) is 0 Å². The molecular weight excluding hydrogens is 671 g/mol. The van der Waals surface area contributed by atoms with Crippen molar-refractivity contribution in [3.05, 3.63) is 93.2 Å². The van der Waals surface area contributed by atoms with Crippen LogP contribution < -0.4 is 10.1 Å². The number of urea groups is 1. The second-order valence-corrected chi connectivity index (χ2v) is 15.7. The number of carbonyl (C=O) groups excluding carboxylic acids is 2. The molecule has 2 fully saturated rings. The Hall–Kier alpha value is -3.66. The van der Waals surface area contributed by atoms with Crippen molar-refractivity contribution in [1.82, 2.24) is 25.0 Å². The molecule has 3 aromatic rings. The fraction of sp³-hybridized carbons (Fsp3) is 0.487. The number of ether oxygens (including phenoxy) is 1. The van der Waals surface area contributed by atoms with Gasteiger partial charge in [-0.1, -0.05) is 68.2 Å². The maximum Gasteiger partial charge on any atom is 0.326 e. The highest BCUT2D eigenvalue weighted by atomic mass is 35.5. The van der Waals surface area contributed by atoms with Gasteiger partial charge in [-0.3, -0.25) is 19.7 Å². The Balaban J connectivity index is 1.48. The van der Waals surface area contributed by atoms with Crippen LogP contribution in [0.4, 0.5) is 4.79 Å². The molecule has 3 amide bonds. The second kappa shape index (κ2) is 14.2. The van der Waals surface area contributed by atoms with E-state index in [4.69, 9.17) is 37.9 Å². The van der Waals surface area contributed by atoms with Crippen molar-refractivity contribution in [3.8, 4) is 5.75 Å². The van der Waals surface area contributed by atoms with Crippen LogP contribution in [-0.4, -0.2) is 83.3 Å². The van der Waals surface area contributed by atoms with Gasteiger partial charge in [-0.2, -0.15) is 0 Å². The molecule has 3 aliphatic rings. The molecule has 2 atom stereocenters. The van der Waals surface area contributed by atoms with Crippen LogP contribution >= 0.6 is 23.2 Å². The smallest absolute Gasteiger partial charge is 0.326 e. The number of aromatic nitrogens is 1. The first-order valence-corrected chi connectivity index (χ1v) is 18.4. The lowest BCUT2D eigenvalue weighted by Crippen LogP contribution is -2.59. The number of pyridine rings is 1. The maximum atomic E-state index is 15.2. The molecule has 0 unspecified atom stereocenters. The van der Waals surface area contributed by atoms with E-state index in [1.54, 1.807) is 6.20 Å². The number of amidine groups is 1. The van der Waals surface area contributed by atoms with Crippen molar-refractivity contribution < 1.29 is 14.3 Å². The van der Waals surface area contributed by atoms with Gasteiger partial charge in [0.1, 0.15) is 22.7 Å². The van der Waals surface area contributed by atoms with Gasteiger partial charge >= 0.3 is 6.03 Å². The fourth-order valence-electron chi connectivity index (χ4n) is 7.46. The summed E-state index contributed by atoms with van der Waals surface area (Å²) in [6.07, 6.45) is 3.00. The molecule has 0 aliphatic carbocycles. The summed E-state index contributed by atoms with van der Waals surface area (Å²) in [6.45, 7) is 16.8. The zero-order valence-electron chi connectivity index (χ0n) is 29.9. The van der Waals surface area contributed by atoms with Crippen LogP contribution in [0.3, 0.4) is 0 Å². The van der Waals surface area contributed by atoms with Crippen LogP contribution in [0.5, 0.6) is 5.75 Å². The number of piperazine rings is 1. The van der Waals surface area contributed by atoms with Gasteiger partial charge in [0, 0.05) is 78.6 Å². The summed E-state index contributed by atoms with van der Waals surface area (Å²) < 4.78 is 6.28. The number of piperidine rings is 1. The average molecular weight is 720 g/mol. The number of likely N-dealkylation sites (tertiary alicyclic amines) is 1. The minimum absolute atomic E-state index is 0.107. The van der Waals surface area contributed by atoms with Crippen LogP contribution in [0.1, 0.15) is 76.8 Å². The summed E-state index contributed by atoms with van der Waals surface area (Å²) in [5.41, 5.74) is 1.04. The maximum absolute atomic E-state index is 15.2. The number of nitrogens with one attached hydrogen (secondary N) is 1. The number of rotatable bonds is 6. The number of benzene rings is 2. The van der Waals surface area contributed by atoms with E-state index in [2.05, 4.69) is 39.9 Å². The third-order valence-corrected chi connectivity index (χ3v) is 11.2.